The smallest absolute Gasteiger partial charge is 0.266 e. The molecule has 0 heterocycles. The van der Waals surface area contributed by atoms with E-state index in [1.807, 2.05) is 61.5 Å². The minimum atomic E-state index is -0.495. The standard InChI is InChI=1S/C26H23Br2N3O3/c1-31(2)22-10-8-21(9-11-22)30-26(32)19(15-29)12-18-13-23(28)25(24(14-18)33-3)34-16-17-4-6-20(27)7-5-17/h4-14H,16H2,1-3H3,(H,30,32)/b19-12-. The number of nitrogens with zero attached hydrogens (tertiary/aromatic N) is 2. The maximum absolute atomic E-state index is 12.7. The second-order valence-corrected chi connectivity index (χ2v) is 9.28. The van der Waals surface area contributed by atoms with E-state index in [1.54, 1.807) is 24.3 Å². The van der Waals surface area contributed by atoms with Crippen molar-refractivity contribution in [2.45, 2.75) is 6.61 Å². The van der Waals surface area contributed by atoms with E-state index in [0.29, 0.717) is 33.8 Å². The summed E-state index contributed by atoms with van der Waals surface area (Å²) in [4.78, 5) is 14.6. The van der Waals surface area contributed by atoms with Crippen molar-refractivity contribution in [3.8, 4) is 17.6 Å². The summed E-state index contributed by atoms with van der Waals surface area (Å²) in [5.41, 5.74) is 3.20. The average Bonchev–Trinajstić information content (AvgIpc) is 2.82. The molecule has 0 saturated heterocycles. The fraction of sp³-hybridized carbons (Fsp3) is 0.154. The van der Waals surface area contributed by atoms with E-state index in [4.69, 9.17) is 9.47 Å². The van der Waals surface area contributed by atoms with Gasteiger partial charge in [0.1, 0.15) is 18.2 Å². The highest BCUT2D eigenvalue weighted by Crippen LogP contribution is 2.38. The number of ether oxygens (including phenoxy) is 2. The number of rotatable bonds is 8. The number of hydrogen-bond donors (Lipinski definition) is 1. The van der Waals surface area contributed by atoms with Gasteiger partial charge in [0.05, 0.1) is 11.6 Å². The van der Waals surface area contributed by atoms with Crippen molar-refractivity contribution in [3.05, 3.63) is 86.3 Å². The number of benzene rings is 3. The van der Waals surface area contributed by atoms with Gasteiger partial charge in [-0.3, -0.25) is 4.79 Å². The Morgan fingerprint density at radius 3 is 2.35 bits per heavy atom. The lowest BCUT2D eigenvalue weighted by Crippen LogP contribution is -2.14. The van der Waals surface area contributed by atoms with Crippen LogP contribution in [0.3, 0.4) is 0 Å². The summed E-state index contributed by atoms with van der Waals surface area (Å²) in [5, 5.41) is 12.3. The summed E-state index contributed by atoms with van der Waals surface area (Å²) in [5.74, 6) is 0.520. The second-order valence-electron chi connectivity index (χ2n) is 7.51. The van der Waals surface area contributed by atoms with Gasteiger partial charge >= 0.3 is 0 Å². The number of amides is 1. The molecule has 8 heteroatoms. The number of nitrogens with one attached hydrogen (secondary N) is 1. The summed E-state index contributed by atoms with van der Waals surface area (Å²) >= 11 is 6.93. The molecule has 0 unspecified atom stereocenters. The normalized spacial score (nSPS) is 10.9. The van der Waals surface area contributed by atoms with E-state index in [-0.39, 0.29) is 5.57 Å². The van der Waals surface area contributed by atoms with Gasteiger partial charge in [0.2, 0.25) is 0 Å². The van der Waals surface area contributed by atoms with E-state index in [2.05, 4.69) is 37.2 Å². The van der Waals surface area contributed by atoms with Gasteiger partial charge in [-0.2, -0.15) is 5.26 Å². The predicted octanol–water partition coefficient (Wildman–Crippen LogP) is 6.41. The highest BCUT2D eigenvalue weighted by Gasteiger charge is 2.14. The molecule has 3 aromatic carbocycles. The molecule has 1 amide bonds. The van der Waals surface area contributed by atoms with E-state index in [1.165, 1.54) is 13.2 Å². The number of nitriles is 1. The van der Waals surface area contributed by atoms with Crippen LogP contribution in [0.4, 0.5) is 11.4 Å². The minimum Gasteiger partial charge on any atom is -0.493 e. The Bertz CT molecular complexity index is 1230. The molecule has 0 aliphatic rings. The monoisotopic (exact) mass is 583 g/mol. The van der Waals surface area contributed by atoms with Crippen LogP contribution in [0.25, 0.3) is 6.08 Å². The average molecular weight is 585 g/mol. The van der Waals surface area contributed by atoms with Crippen molar-refractivity contribution in [1.29, 1.82) is 5.26 Å². The fourth-order valence-corrected chi connectivity index (χ4v) is 3.89. The molecule has 0 aliphatic carbocycles. The summed E-state index contributed by atoms with van der Waals surface area (Å²) < 4.78 is 13.1. The van der Waals surface area contributed by atoms with Crippen LogP contribution < -0.4 is 19.7 Å². The lowest BCUT2D eigenvalue weighted by molar-refractivity contribution is -0.112. The Morgan fingerprint density at radius 1 is 1.09 bits per heavy atom. The summed E-state index contributed by atoms with van der Waals surface area (Å²) in [6.07, 6.45) is 1.51. The lowest BCUT2D eigenvalue weighted by Gasteiger charge is -2.14. The molecule has 3 aromatic rings. The van der Waals surface area contributed by atoms with Crippen molar-refractivity contribution in [2.24, 2.45) is 0 Å². The third-order valence-electron chi connectivity index (χ3n) is 4.87. The largest absolute Gasteiger partial charge is 0.493 e. The summed E-state index contributed by atoms with van der Waals surface area (Å²) in [6, 6.07) is 20.7. The van der Waals surface area contributed by atoms with E-state index < -0.39 is 5.91 Å². The topological polar surface area (TPSA) is 74.6 Å². The molecule has 1 N–H and O–H groups in total. The first kappa shape index (κ1) is 25.3. The number of methoxy groups -OCH3 is 1. The Labute approximate surface area is 216 Å². The number of carbonyl (C=O) groups excluding carboxylic acids is 1. The number of hydrogen-bond acceptors (Lipinski definition) is 5. The molecule has 0 fully saturated rings. The first-order valence-electron chi connectivity index (χ1n) is 10.3. The zero-order valence-electron chi connectivity index (χ0n) is 18.9. The first-order valence-corrected chi connectivity index (χ1v) is 11.8. The van der Waals surface area contributed by atoms with Gasteiger partial charge in [0, 0.05) is 29.9 Å². The van der Waals surface area contributed by atoms with E-state index in [0.717, 1.165) is 15.7 Å². The minimum absolute atomic E-state index is 0.0332. The highest BCUT2D eigenvalue weighted by molar-refractivity contribution is 9.10. The lowest BCUT2D eigenvalue weighted by atomic mass is 10.1. The van der Waals surface area contributed by atoms with Crippen LogP contribution in [0.2, 0.25) is 0 Å². The van der Waals surface area contributed by atoms with Gasteiger partial charge < -0.3 is 19.7 Å². The van der Waals surface area contributed by atoms with Crippen molar-refractivity contribution < 1.29 is 14.3 Å². The molecule has 0 aliphatic heterocycles. The van der Waals surface area contributed by atoms with Gasteiger partial charge in [-0.15, -0.1) is 0 Å². The van der Waals surface area contributed by atoms with Crippen molar-refractivity contribution in [2.75, 3.05) is 31.4 Å². The molecular weight excluding hydrogens is 562 g/mol. The predicted molar refractivity (Wildman–Crippen MR) is 142 cm³/mol. The van der Waals surface area contributed by atoms with Crippen molar-refractivity contribution in [1.82, 2.24) is 0 Å². The second kappa shape index (κ2) is 11.7. The molecule has 0 bridgehead atoms. The van der Waals surface area contributed by atoms with Crippen LogP contribution in [0.5, 0.6) is 11.5 Å². The Balaban J connectivity index is 1.78. The summed E-state index contributed by atoms with van der Waals surface area (Å²) in [7, 11) is 5.41. The summed E-state index contributed by atoms with van der Waals surface area (Å²) in [6.45, 7) is 0.357. The van der Waals surface area contributed by atoms with Crippen LogP contribution in [0.1, 0.15) is 11.1 Å². The zero-order chi connectivity index (χ0) is 24.7. The van der Waals surface area contributed by atoms with Gasteiger partial charge in [-0.1, -0.05) is 28.1 Å². The number of anilines is 2. The van der Waals surface area contributed by atoms with Gasteiger partial charge in [-0.05, 0) is 81.7 Å². The molecule has 0 atom stereocenters. The Hall–Kier alpha value is -3.28. The van der Waals surface area contributed by atoms with Crippen LogP contribution in [-0.4, -0.2) is 27.1 Å². The van der Waals surface area contributed by atoms with Gasteiger partial charge in [0.25, 0.3) is 5.91 Å². The molecule has 0 saturated carbocycles. The third-order valence-corrected chi connectivity index (χ3v) is 5.98. The van der Waals surface area contributed by atoms with Crippen LogP contribution in [0, 0.1) is 11.3 Å². The third kappa shape index (κ3) is 6.62. The quantitative estimate of drug-likeness (QED) is 0.244. The molecule has 0 aromatic heterocycles. The van der Waals surface area contributed by atoms with Crippen LogP contribution in [0.15, 0.2) is 75.2 Å². The van der Waals surface area contributed by atoms with E-state index in [9.17, 15) is 10.1 Å². The fourth-order valence-electron chi connectivity index (χ4n) is 3.06. The highest BCUT2D eigenvalue weighted by atomic mass is 79.9. The Kier molecular flexibility index (Phi) is 8.74. The number of halogens is 2. The van der Waals surface area contributed by atoms with E-state index >= 15 is 0 Å². The van der Waals surface area contributed by atoms with Gasteiger partial charge in [0.15, 0.2) is 11.5 Å². The Morgan fingerprint density at radius 2 is 1.76 bits per heavy atom. The maximum Gasteiger partial charge on any atom is 0.266 e. The van der Waals surface area contributed by atoms with Crippen LogP contribution >= 0.6 is 31.9 Å². The molecule has 34 heavy (non-hydrogen) atoms. The van der Waals surface area contributed by atoms with Crippen LogP contribution in [-0.2, 0) is 11.4 Å². The first-order chi connectivity index (χ1) is 16.3. The van der Waals surface area contributed by atoms with Crippen molar-refractivity contribution in [3.63, 3.8) is 0 Å². The molecule has 3 rings (SSSR count). The van der Waals surface area contributed by atoms with Gasteiger partial charge in [-0.25, -0.2) is 0 Å². The van der Waals surface area contributed by atoms with Crippen molar-refractivity contribution >= 4 is 55.2 Å². The molecule has 0 spiro atoms. The molecule has 174 valence electrons. The molecule has 0 radical (unpaired) electrons. The molecular formula is C26H23Br2N3O3. The maximum atomic E-state index is 12.7. The SMILES string of the molecule is COc1cc(/C=C(/C#N)C(=O)Nc2ccc(N(C)C)cc2)cc(Br)c1OCc1ccc(Br)cc1. The number of carbonyl (C=O) groups is 1. The molecule has 6 nitrogen and oxygen atoms in total. The zero-order valence-corrected chi connectivity index (χ0v) is 22.1.